The van der Waals surface area contributed by atoms with Crippen LogP contribution < -0.4 is 5.32 Å². The third-order valence-electron chi connectivity index (χ3n) is 3.57. The van der Waals surface area contributed by atoms with Crippen LogP contribution in [0.3, 0.4) is 0 Å². The van der Waals surface area contributed by atoms with Crippen LogP contribution in [0.1, 0.15) is 44.9 Å². The summed E-state index contributed by atoms with van der Waals surface area (Å²) in [6.07, 6.45) is 0. The molecule has 0 radical (unpaired) electrons. The van der Waals surface area contributed by atoms with Gasteiger partial charge in [-0.3, -0.25) is 4.90 Å². The van der Waals surface area contributed by atoms with E-state index in [2.05, 4.69) is 69.1 Å². The van der Waals surface area contributed by atoms with Crippen molar-refractivity contribution in [2.75, 3.05) is 19.6 Å². The van der Waals surface area contributed by atoms with Gasteiger partial charge in [-0.1, -0.05) is 38.1 Å². The van der Waals surface area contributed by atoms with Crippen LogP contribution in [0.4, 0.5) is 0 Å². The number of likely N-dealkylation sites (N-methyl/N-ethyl adjacent to an activating group) is 2. The lowest BCUT2D eigenvalue weighted by Crippen LogP contribution is -2.39. The van der Waals surface area contributed by atoms with E-state index in [9.17, 15) is 0 Å². The quantitative estimate of drug-likeness (QED) is 0.796. The smallest absolute Gasteiger partial charge is 0.0451 e. The van der Waals surface area contributed by atoms with Gasteiger partial charge in [0.1, 0.15) is 0 Å². The van der Waals surface area contributed by atoms with Gasteiger partial charge in [-0.05, 0) is 45.0 Å². The molecule has 18 heavy (non-hydrogen) atoms. The predicted octanol–water partition coefficient (Wildman–Crippen LogP) is 3.38. The fourth-order valence-corrected chi connectivity index (χ4v) is 2.44. The molecule has 0 spiro atoms. The first-order valence-corrected chi connectivity index (χ1v) is 7.13. The molecule has 2 nitrogen and oxygen atoms in total. The molecule has 0 bridgehead atoms. The standard InChI is InChI=1S/C16H28N2/c1-6-17-16(12-18(7-2)13(3)4)15-11-9-8-10-14(15)5/h8-11,13,16-17H,6-7,12H2,1-5H3. The van der Waals surface area contributed by atoms with Gasteiger partial charge >= 0.3 is 0 Å². The largest absolute Gasteiger partial charge is 0.309 e. The van der Waals surface area contributed by atoms with Gasteiger partial charge in [0.25, 0.3) is 0 Å². The maximum absolute atomic E-state index is 3.62. The summed E-state index contributed by atoms with van der Waals surface area (Å²) in [5, 5.41) is 3.62. The molecule has 0 aromatic heterocycles. The van der Waals surface area contributed by atoms with Gasteiger partial charge in [-0.2, -0.15) is 0 Å². The minimum Gasteiger partial charge on any atom is -0.309 e. The van der Waals surface area contributed by atoms with Crippen molar-refractivity contribution in [3.8, 4) is 0 Å². The number of benzene rings is 1. The lowest BCUT2D eigenvalue weighted by molar-refractivity contribution is 0.208. The molecule has 0 aliphatic carbocycles. The summed E-state index contributed by atoms with van der Waals surface area (Å²) in [4.78, 5) is 2.51. The molecule has 0 fully saturated rings. The number of rotatable bonds is 7. The third-order valence-corrected chi connectivity index (χ3v) is 3.57. The molecule has 1 atom stereocenters. The van der Waals surface area contributed by atoms with Gasteiger partial charge in [0.05, 0.1) is 0 Å². The Morgan fingerprint density at radius 1 is 1.17 bits per heavy atom. The summed E-state index contributed by atoms with van der Waals surface area (Å²) in [6, 6.07) is 9.72. The van der Waals surface area contributed by atoms with Gasteiger partial charge in [-0.25, -0.2) is 0 Å². The van der Waals surface area contributed by atoms with Gasteiger partial charge in [0.15, 0.2) is 0 Å². The Bertz CT molecular complexity index is 347. The van der Waals surface area contributed by atoms with Crippen LogP contribution in [-0.4, -0.2) is 30.6 Å². The Kier molecular flexibility index (Phi) is 6.37. The summed E-state index contributed by atoms with van der Waals surface area (Å²) in [5.74, 6) is 0. The molecule has 0 saturated heterocycles. The van der Waals surface area contributed by atoms with Crippen LogP contribution in [0.15, 0.2) is 24.3 Å². The van der Waals surface area contributed by atoms with E-state index in [1.54, 1.807) is 0 Å². The Morgan fingerprint density at radius 2 is 1.83 bits per heavy atom. The number of nitrogens with one attached hydrogen (secondary N) is 1. The number of nitrogens with zero attached hydrogens (tertiary/aromatic N) is 1. The van der Waals surface area contributed by atoms with Crippen LogP contribution in [0, 0.1) is 6.92 Å². The summed E-state index contributed by atoms with van der Waals surface area (Å²) in [6.45, 7) is 14.3. The van der Waals surface area contributed by atoms with Crippen molar-refractivity contribution in [1.29, 1.82) is 0 Å². The van der Waals surface area contributed by atoms with Crippen molar-refractivity contribution in [1.82, 2.24) is 10.2 Å². The molecule has 1 N–H and O–H groups in total. The Morgan fingerprint density at radius 3 is 2.33 bits per heavy atom. The van der Waals surface area contributed by atoms with Crippen molar-refractivity contribution in [3.05, 3.63) is 35.4 Å². The first-order chi connectivity index (χ1) is 8.60. The predicted molar refractivity (Wildman–Crippen MR) is 80.0 cm³/mol. The van der Waals surface area contributed by atoms with Crippen LogP contribution in [0.25, 0.3) is 0 Å². The van der Waals surface area contributed by atoms with E-state index in [-0.39, 0.29) is 0 Å². The molecule has 0 heterocycles. The highest BCUT2D eigenvalue weighted by Gasteiger charge is 2.17. The minimum atomic E-state index is 0.429. The maximum atomic E-state index is 3.62. The maximum Gasteiger partial charge on any atom is 0.0451 e. The SMILES string of the molecule is CCNC(CN(CC)C(C)C)c1ccccc1C. The average Bonchev–Trinajstić information content (AvgIpc) is 2.35. The summed E-state index contributed by atoms with van der Waals surface area (Å²) < 4.78 is 0. The van der Waals surface area contributed by atoms with E-state index >= 15 is 0 Å². The molecular formula is C16H28N2. The first kappa shape index (κ1) is 15.2. The molecule has 0 amide bonds. The lowest BCUT2D eigenvalue weighted by Gasteiger charge is -2.31. The highest BCUT2D eigenvalue weighted by atomic mass is 15.2. The number of hydrogen-bond donors (Lipinski definition) is 1. The van der Waals surface area contributed by atoms with Gasteiger partial charge in [-0.15, -0.1) is 0 Å². The van der Waals surface area contributed by atoms with Crippen LogP contribution in [-0.2, 0) is 0 Å². The monoisotopic (exact) mass is 248 g/mol. The van der Waals surface area contributed by atoms with E-state index in [4.69, 9.17) is 0 Å². The molecular weight excluding hydrogens is 220 g/mol. The normalized spacial score (nSPS) is 13.3. The van der Waals surface area contributed by atoms with Crippen LogP contribution >= 0.6 is 0 Å². The molecule has 1 unspecified atom stereocenters. The van der Waals surface area contributed by atoms with Crippen molar-refractivity contribution < 1.29 is 0 Å². The first-order valence-electron chi connectivity index (χ1n) is 7.13. The Balaban J connectivity index is 2.86. The zero-order valence-corrected chi connectivity index (χ0v) is 12.5. The second-order valence-corrected chi connectivity index (χ2v) is 5.15. The number of hydrogen-bond acceptors (Lipinski definition) is 2. The fraction of sp³-hybridized carbons (Fsp3) is 0.625. The molecule has 2 heteroatoms. The molecule has 0 aliphatic heterocycles. The van der Waals surface area contributed by atoms with E-state index in [0.717, 1.165) is 19.6 Å². The fourth-order valence-electron chi connectivity index (χ4n) is 2.44. The second-order valence-electron chi connectivity index (χ2n) is 5.15. The minimum absolute atomic E-state index is 0.429. The Hall–Kier alpha value is -0.860. The zero-order valence-electron chi connectivity index (χ0n) is 12.5. The lowest BCUT2D eigenvalue weighted by atomic mass is 10.0. The average molecular weight is 248 g/mol. The van der Waals surface area contributed by atoms with E-state index in [1.807, 2.05) is 0 Å². The topological polar surface area (TPSA) is 15.3 Å². The van der Waals surface area contributed by atoms with Crippen LogP contribution in [0.5, 0.6) is 0 Å². The molecule has 0 aliphatic rings. The zero-order chi connectivity index (χ0) is 13.5. The number of aryl methyl sites for hydroxylation is 1. The molecule has 0 saturated carbocycles. The van der Waals surface area contributed by atoms with Crippen molar-refractivity contribution in [2.45, 2.75) is 46.7 Å². The Labute approximate surface area is 112 Å². The van der Waals surface area contributed by atoms with Crippen molar-refractivity contribution in [3.63, 3.8) is 0 Å². The second kappa shape index (κ2) is 7.55. The summed E-state index contributed by atoms with van der Waals surface area (Å²) in [7, 11) is 0. The summed E-state index contributed by atoms with van der Waals surface area (Å²) >= 11 is 0. The third kappa shape index (κ3) is 4.11. The summed E-state index contributed by atoms with van der Waals surface area (Å²) in [5.41, 5.74) is 2.81. The molecule has 102 valence electrons. The highest BCUT2D eigenvalue weighted by Crippen LogP contribution is 2.19. The van der Waals surface area contributed by atoms with Gasteiger partial charge < -0.3 is 5.32 Å². The van der Waals surface area contributed by atoms with E-state index < -0.39 is 0 Å². The van der Waals surface area contributed by atoms with Crippen molar-refractivity contribution >= 4 is 0 Å². The van der Waals surface area contributed by atoms with E-state index in [0.29, 0.717) is 12.1 Å². The molecule has 1 aromatic carbocycles. The molecule has 1 rings (SSSR count). The molecule has 1 aromatic rings. The van der Waals surface area contributed by atoms with Crippen molar-refractivity contribution in [2.24, 2.45) is 0 Å². The van der Waals surface area contributed by atoms with Gasteiger partial charge in [0.2, 0.25) is 0 Å². The van der Waals surface area contributed by atoms with Gasteiger partial charge in [0, 0.05) is 18.6 Å². The van der Waals surface area contributed by atoms with Crippen LogP contribution in [0.2, 0.25) is 0 Å². The van der Waals surface area contributed by atoms with E-state index in [1.165, 1.54) is 11.1 Å². The highest BCUT2D eigenvalue weighted by molar-refractivity contribution is 5.29.